The number of carbonyl (C=O) groups is 3. The van der Waals surface area contributed by atoms with Crippen LogP contribution in [0, 0.1) is 0 Å². The van der Waals surface area contributed by atoms with Gasteiger partial charge in [-0.1, -0.05) is 48.5 Å². The van der Waals surface area contributed by atoms with E-state index in [4.69, 9.17) is 0 Å². The third kappa shape index (κ3) is 3.87. The molecule has 0 saturated heterocycles. The molecule has 2 aromatic carbocycles. The van der Waals surface area contributed by atoms with Crippen molar-refractivity contribution >= 4 is 17.7 Å². The van der Waals surface area contributed by atoms with Gasteiger partial charge in [0.05, 0.1) is 5.56 Å². The van der Waals surface area contributed by atoms with Crippen molar-refractivity contribution in [2.24, 2.45) is 0 Å². The van der Waals surface area contributed by atoms with E-state index >= 15 is 0 Å². The van der Waals surface area contributed by atoms with Gasteiger partial charge in [0.2, 0.25) is 0 Å². The number of ether oxygens (including phenoxy) is 1. The van der Waals surface area contributed by atoms with Gasteiger partial charge in [-0.25, -0.2) is 9.59 Å². The molecular formula is C15H10NiO4. The van der Waals surface area contributed by atoms with Crippen molar-refractivity contribution < 1.29 is 35.6 Å². The van der Waals surface area contributed by atoms with Gasteiger partial charge in [0.15, 0.2) is 0 Å². The van der Waals surface area contributed by atoms with Crippen LogP contribution in [-0.2, 0) is 26.0 Å². The first-order chi connectivity index (χ1) is 9.18. The molecule has 0 heterocycles. The molecule has 0 unspecified atom stereocenters. The van der Waals surface area contributed by atoms with Gasteiger partial charge in [0, 0.05) is 22.1 Å². The van der Waals surface area contributed by atoms with E-state index < -0.39 is 17.7 Å². The molecule has 0 spiro atoms. The predicted molar refractivity (Wildman–Crippen MR) is 67.6 cm³/mol. The monoisotopic (exact) mass is 312 g/mol. The maximum atomic E-state index is 11.7. The van der Waals surface area contributed by atoms with Crippen LogP contribution < -0.4 is 0 Å². The van der Waals surface area contributed by atoms with E-state index in [0.29, 0.717) is 0 Å². The van der Waals surface area contributed by atoms with Crippen LogP contribution in [0.15, 0.2) is 60.7 Å². The Morgan fingerprint density at radius 2 is 1.15 bits per heavy atom. The minimum Gasteiger partial charge on any atom is -0.383 e. The van der Waals surface area contributed by atoms with Crippen molar-refractivity contribution in [3.63, 3.8) is 0 Å². The van der Waals surface area contributed by atoms with Gasteiger partial charge in [0.25, 0.3) is 5.78 Å². The SMILES string of the molecule is O=C(OC(=O)c1ccccc1)C(=O)c1ccccc1.[Ni]. The first kappa shape index (κ1) is 15.8. The summed E-state index contributed by atoms with van der Waals surface area (Å²) in [5.74, 6) is -2.86. The number of hydrogen-bond donors (Lipinski definition) is 0. The van der Waals surface area contributed by atoms with E-state index in [0.717, 1.165) is 0 Å². The first-order valence-corrected chi connectivity index (χ1v) is 5.59. The van der Waals surface area contributed by atoms with E-state index in [-0.39, 0.29) is 27.6 Å². The Hall–Kier alpha value is -2.26. The fourth-order valence-electron chi connectivity index (χ4n) is 1.47. The average molecular weight is 313 g/mol. The zero-order valence-corrected chi connectivity index (χ0v) is 11.2. The molecule has 0 saturated carbocycles. The normalized spacial score (nSPS) is 9.20. The summed E-state index contributed by atoms with van der Waals surface area (Å²) in [4.78, 5) is 34.8. The second-order valence-corrected chi connectivity index (χ2v) is 3.74. The molecule has 20 heavy (non-hydrogen) atoms. The molecule has 0 fully saturated rings. The van der Waals surface area contributed by atoms with Crippen LogP contribution in [0.1, 0.15) is 20.7 Å². The molecule has 0 aliphatic carbocycles. The Bertz CT molecular complexity index is 608. The van der Waals surface area contributed by atoms with E-state index in [9.17, 15) is 14.4 Å². The van der Waals surface area contributed by atoms with Gasteiger partial charge in [-0.2, -0.15) is 0 Å². The Balaban J connectivity index is 0.00000200. The van der Waals surface area contributed by atoms with Gasteiger partial charge in [-0.05, 0) is 12.1 Å². The summed E-state index contributed by atoms with van der Waals surface area (Å²) in [5, 5.41) is 0. The summed E-state index contributed by atoms with van der Waals surface area (Å²) in [6, 6.07) is 15.9. The van der Waals surface area contributed by atoms with Gasteiger partial charge in [0.1, 0.15) is 0 Å². The van der Waals surface area contributed by atoms with Crippen molar-refractivity contribution in [2.75, 3.05) is 0 Å². The van der Waals surface area contributed by atoms with Crippen LogP contribution in [0.2, 0.25) is 0 Å². The van der Waals surface area contributed by atoms with Gasteiger partial charge >= 0.3 is 11.9 Å². The van der Waals surface area contributed by atoms with E-state index in [2.05, 4.69) is 4.74 Å². The van der Waals surface area contributed by atoms with E-state index in [1.165, 1.54) is 24.3 Å². The molecule has 104 valence electrons. The topological polar surface area (TPSA) is 60.4 Å². The summed E-state index contributed by atoms with van der Waals surface area (Å²) in [6.45, 7) is 0. The maximum Gasteiger partial charge on any atom is 0.387 e. The summed E-state index contributed by atoms with van der Waals surface area (Å²) >= 11 is 0. The van der Waals surface area contributed by atoms with Crippen LogP contribution >= 0.6 is 0 Å². The number of benzene rings is 2. The van der Waals surface area contributed by atoms with Gasteiger partial charge < -0.3 is 4.74 Å². The Kier molecular flexibility index (Phi) is 5.82. The van der Waals surface area contributed by atoms with E-state index in [1.807, 2.05) is 0 Å². The number of rotatable bonds is 3. The molecule has 0 N–H and O–H groups in total. The molecule has 0 aliphatic heterocycles. The molecular weight excluding hydrogens is 303 g/mol. The molecule has 0 radical (unpaired) electrons. The summed E-state index contributed by atoms with van der Waals surface area (Å²) in [5.41, 5.74) is 0.407. The standard InChI is InChI=1S/C15H10O4.Ni/c16-13(11-7-3-1-4-8-11)15(18)19-14(17)12-9-5-2-6-10-12;/h1-10H;. The molecule has 2 rings (SSSR count). The van der Waals surface area contributed by atoms with Crippen molar-refractivity contribution in [3.05, 3.63) is 71.8 Å². The second kappa shape index (κ2) is 7.36. The number of hydrogen-bond acceptors (Lipinski definition) is 4. The fourth-order valence-corrected chi connectivity index (χ4v) is 1.47. The number of ketones is 1. The van der Waals surface area contributed by atoms with Crippen LogP contribution in [0.5, 0.6) is 0 Å². The number of esters is 2. The molecule has 0 amide bonds. The number of Topliss-reactive ketones (excluding diaryl/α,β-unsaturated/α-hetero) is 1. The molecule has 0 bridgehead atoms. The fraction of sp³-hybridized carbons (Fsp3) is 0. The molecule has 0 aliphatic rings. The number of carbonyl (C=O) groups excluding carboxylic acids is 3. The molecule has 4 nitrogen and oxygen atoms in total. The molecule has 0 aromatic heterocycles. The smallest absolute Gasteiger partial charge is 0.383 e. The quantitative estimate of drug-likeness (QED) is 0.287. The molecule has 0 atom stereocenters. The van der Waals surface area contributed by atoms with Crippen LogP contribution in [-0.4, -0.2) is 17.7 Å². The minimum absolute atomic E-state index is 0. The van der Waals surface area contributed by atoms with Crippen LogP contribution in [0.4, 0.5) is 0 Å². The maximum absolute atomic E-state index is 11.7. The second-order valence-electron chi connectivity index (χ2n) is 3.74. The molecule has 2 aromatic rings. The zero-order chi connectivity index (χ0) is 13.7. The third-order valence-corrected chi connectivity index (χ3v) is 2.42. The van der Waals surface area contributed by atoms with Crippen molar-refractivity contribution in [2.45, 2.75) is 0 Å². The van der Waals surface area contributed by atoms with Crippen LogP contribution in [0.3, 0.4) is 0 Å². The zero-order valence-electron chi connectivity index (χ0n) is 10.2. The molecule has 5 heteroatoms. The van der Waals surface area contributed by atoms with Crippen molar-refractivity contribution in [1.82, 2.24) is 0 Å². The van der Waals surface area contributed by atoms with Crippen molar-refractivity contribution in [1.29, 1.82) is 0 Å². The minimum atomic E-state index is -1.18. The van der Waals surface area contributed by atoms with Crippen molar-refractivity contribution in [3.8, 4) is 0 Å². The third-order valence-electron chi connectivity index (χ3n) is 2.42. The van der Waals surface area contributed by atoms with E-state index in [1.54, 1.807) is 36.4 Å². The summed E-state index contributed by atoms with van der Waals surface area (Å²) in [6.07, 6.45) is 0. The summed E-state index contributed by atoms with van der Waals surface area (Å²) in [7, 11) is 0. The average Bonchev–Trinajstić information content (AvgIpc) is 2.48. The first-order valence-electron chi connectivity index (χ1n) is 5.59. The Labute approximate surface area is 125 Å². The van der Waals surface area contributed by atoms with Gasteiger partial charge in [-0.3, -0.25) is 4.79 Å². The largest absolute Gasteiger partial charge is 0.387 e. The summed E-state index contributed by atoms with van der Waals surface area (Å²) < 4.78 is 4.53. The Morgan fingerprint density at radius 1 is 0.700 bits per heavy atom. The predicted octanol–water partition coefficient (Wildman–Crippen LogP) is 2.25. The van der Waals surface area contributed by atoms with Crippen LogP contribution in [0.25, 0.3) is 0 Å². The Morgan fingerprint density at radius 3 is 1.65 bits per heavy atom. The van der Waals surface area contributed by atoms with Gasteiger partial charge in [-0.15, -0.1) is 0 Å².